The summed E-state index contributed by atoms with van der Waals surface area (Å²) in [6, 6.07) is 10.5. The summed E-state index contributed by atoms with van der Waals surface area (Å²) in [5.41, 5.74) is 1.40. The van der Waals surface area contributed by atoms with Gasteiger partial charge in [0.1, 0.15) is 5.82 Å². The molecule has 0 bridgehead atoms. The fourth-order valence-electron chi connectivity index (χ4n) is 3.27. The van der Waals surface area contributed by atoms with Gasteiger partial charge in [-0.1, -0.05) is 18.2 Å². The molecule has 7 heteroatoms. The van der Waals surface area contributed by atoms with E-state index >= 15 is 0 Å². The van der Waals surface area contributed by atoms with Gasteiger partial charge in [-0.25, -0.2) is 4.39 Å². The van der Waals surface area contributed by atoms with E-state index in [9.17, 15) is 23.9 Å². The molecule has 1 fully saturated rings. The molecule has 0 unspecified atom stereocenters. The van der Waals surface area contributed by atoms with Gasteiger partial charge in [0.2, 0.25) is 0 Å². The van der Waals surface area contributed by atoms with Crippen molar-refractivity contribution in [1.82, 2.24) is 4.90 Å². The predicted molar refractivity (Wildman–Crippen MR) is 102 cm³/mol. The predicted octanol–water partition coefficient (Wildman–Crippen LogP) is 3.32. The molecule has 3 rings (SSSR count). The zero-order valence-electron chi connectivity index (χ0n) is 15.4. The summed E-state index contributed by atoms with van der Waals surface area (Å²) in [5, 5.41) is 11.9. The second-order valence-corrected chi connectivity index (χ2v) is 6.89. The summed E-state index contributed by atoms with van der Waals surface area (Å²) in [6.45, 7) is 2.43. The van der Waals surface area contributed by atoms with Crippen molar-refractivity contribution in [3.05, 3.63) is 65.0 Å². The van der Waals surface area contributed by atoms with Crippen LogP contribution in [0.15, 0.2) is 42.5 Å². The van der Waals surface area contributed by atoms with Crippen molar-refractivity contribution in [3.63, 3.8) is 0 Å². The number of aryl methyl sites for hydroxylation is 1. The van der Waals surface area contributed by atoms with Crippen molar-refractivity contribution in [1.29, 1.82) is 0 Å². The van der Waals surface area contributed by atoms with E-state index in [4.69, 9.17) is 0 Å². The van der Waals surface area contributed by atoms with E-state index in [0.717, 1.165) is 5.56 Å². The van der Waals surface area contributed by atoms with Crippen LogP contribution in [0.4, 0.5) is 10.1 Å². The molecule has 6 nitrogen and oxygen atoms in total. The zero-order chi connectivity index (χ0) is 20.3. The minimum absolute atomic E-state index is 0.0843. The van der Waals surface area contributed by atoms with Crippen LogP contribution in [0.2, 0.25) is 0 Å². The SMILES string of the molecule is Cc1ccc(C(=O)N2CCC[C@H](C(=O)O)C2)cc1NC(=O)c1ccccc1F. The summed E-state index contributed by atoms with van der Waals surface area (Å²) in [6.07, 6.45) is 1.18. The molecule has 0 saturated carbocycles. The number of hydrogen-bond acceptors (Lipinski definition) is 3. The topological polar surface area (TPSA) is 86.7 Å². The molecule has 1 heterocycles. The van der Waals surface area contributed by atoms with E-state index < -0.39 is 23.6 Å². The Labute approximate surface area is 162 Å². The molecule has 0 aliphatic carbocycles. The molecule has 28 heavy (non-hydrogen) atoms. The molecule has 1 saturated heterocycles. The Morgan fingerprint density at radius 2 is 1.93 bits per heavy atom. The maximum absolute atomic E-state index is 13.8. The zero-order valence-corrected chi connectivity index (χ0v) is 15.4. The van der Waals surface area contributed by atoms with Gasteiger partial charge in [0.15, 0.2) is 0 Å². The minimum Gasteiger partial charge on any atom is -0.481 e. The summed E-state index contributed by atoms with van der Waals surface area (Å²) < 4.78 is 13.8. The second kappa shape index (κ2) is 8.21. The summed E-state index contributed by atoms with van der Waals surface area (Å²) in [5.74, 6) is -2.98. The van der Waals surface area contributed by atoms with Crippen LogP contribution in [0.3, 0.4) is 0 Å². The highest BCUT2D eigenvalue weighted by molar-refractivity contribution is 6.05. The van der Waals surface area contributed by atoms with E-state index in [1.54, 1.807) is 31.2 Å². The minimum atomic E-state index is -0.903. The van der Waals surface area contributed by atoms with Gasteiger partial charge in [0.25, 0.3) is 11.8 Å². The molecule has 2 aromatic rings. The third kappa shape index (κ3) is 4.19. The average Bonchev–Trinajstić information content (AvgIpc) is 2.69. The maximum Gasteiger partial charge on any atom is 0.308 e. The average molecular weight is 384 g/mol. The Balaban J connectivity index is 1.79. The van der Waals surface area contributed by atoms with Crippen molar-refractivity contribution < 1.29 is 23.9 Å². The van der Waals surface area contributed by atoms with Gasteiger partial charge in [-0.05, 0) is 49.6 Å². The maximum atomic E-state index is 13.8. The Hall–Kier alpha value is -3.22. The smallest absolute Gasteiger partial charge is 0.308 e. The number of likely N-dealkylation sites (tertiary alicyclic amines) is 1. The van der Waals surface area contributed by atoms with Crippen LogP contribution in [0.25, 0.3) is 0 Å². The number of nitrogens with one attached hydrogen (secondary N) is 1. The van der Waals surface area contributed by atoms with Crippen molar-refractivity contribution in [2.75, 3.05) is 18.4 Å². The highest BCUT2D eigenvalue weighted by atomic mass is 19.1. The molecule has 2 aromatic carbocycles. The molecule has 0 aromatic heterocycles. The Kier molecular flexibility index (Phi) is 5.73. The molecular weight excluding hydrogens is 363 g/mol. The number of amides is 2. The fourth-order valence-corrected chi connectivity index (χ4v) is 3.27. The Bertz CT molecular complexity index is 928. The van der Waals surface area contributed by atoms with E-state index in [1.165, 1.54) is 23.1 Å². The van der Waals surface area contributed by atoms with Crippen molar-refractivity contribution >= 4 is 23.5 Å². The molecule has 2 N–H and O–H groups in total. The van der Waals surface area contributed by atoms with E-state index in [-0.39, 0.29) is 18.0 Å². The van der Waals surface area contributed by atoms with Crippen LogP contribution in [-0.2, 0) is 4.79 Å². The first-order valence-electron chi connectivity index (χ1n) is 9.05. The van der Waals surface area contributed by atoms with Crippen LogP contribution >= 0.6 is 0 Å². The molecule has 1 aliphatic heterocycles. The third-order valence-electron chi connectivity index (χ3n) is 4.91. The van der Waals surface area contributed by atoms with Crippen LogP contribution in [0, 0.1) is 18.7 Å². The summed E-state index contributed by atoms with van der Waals surface area (Å²) in [4.78, 5) is 37.9. The molecule has 0 radical (unpaired) electrons. The largest absolute Gasteiger partial charge is 0.481 e. The van der Waals surface area contributed by atoms with Crippen LogP contribution in [-0.4, -0.2) is 40.9 Å². The van der Waals surface area contributed by atoms with E-state index in [0.29, 0.717) is 30.6 Å². The van der Waals surface area contributed by atoms with Gasteiger partial charge < -0.3 is 15.3 Å². The number of anilines is 1. The number of halogens is 1. The number of carboxylic acid groups (broad SMARTS) is 1. The highest BCUT2D eigenvalue weighted by Crippen LogP contribution is 2.23. The molecule has 146 valence electrons. The van der Waals surface area contributed by atoms with Crippen molar-refractivity contribution in [3.8, 4) is 0 Å². The molecule has 1 atom stereocenters. The van der Waals surface area contributed by atoms with Gasteiger partial charge >= 0.3 is 5.97 Å². The van der Waals surface area contributed by atoms with Crippen LogP contribution in [0.1, 0.15) is 39.1 Å². The first-order chi connectivity index (χ1) is 13.4. The number of carboxylic acids is 1. The quantitative estimate of drug-likeness (QED) is 0.847. The molecular formula is C21H21FN2O4. The lowest BCUT2D eigenvalue weighted by molar-refractivity contribution is -0.143. The highest BCUT2D eigenvalue weighted by Gasteiger charge is 2.28. The lowest BCUT2D eigenvalue weighted by Gasteiger charge is -2.31. The van der Waals surface area contributed by atoms with Crippen LogP contribution in [0.5, 0.6) is 0 Å². The van der Waals surface area contributed by atoms with E-state index in [2.05, 4.69) is 5.32 Å². The summed E-state index contributed by atoms with van der Waals surface area (Å²) >= 11 is 0. The number of aliphatic carboxylic acids is 1. The van der Waals surface area contributed by atoms with Gasteiger partial charge in [0, 0.05) is 24.3 Å². The molecule has 2 amide bonds. The third-order valence-corrected chi connectivity index (χ3v) is 4.91. The number of hydrogen-bond donors (Lipinski definition) is 2. The van der Waals surface area contributed by atoms with Crippen molar-refractivity contribution in [2.45, 2.75) is 19.8 Å². The van der Waals surface area contributed by atoms with Gasteiger partial charge in [0.05, 0.1) is 11.5 Å². The normalized spacial score (nSPS) is 16.5. The lowest BCUT2D eigenvalue weighted by atomic mass is 9.97. The van der Waals surface area contributed by atoms with Crippen molar-refractivity contribution in [2.24, 2.45) is 5.92 Å². The number of benzene rings is 2. The van der Waals surface area contributed by atoms with Gasteiger partial charge in [-0.2, -0.15) is 0 Å². The molecule has 1 aliphatic rings. The molecule has 0 spiro atoms. The number of carbonyl (C=O) groups excluding carboxylic acids is 2. The number of nitrogens with zero attached hydrogens (tertiary/aromatic N) is 1. The summed E-state index contributed by atoms with van der Waals surface area (Å²) in [7, 11) is 0. The number of carbonyl (C=O) groups is 3. The Morgan fingerprint density at radius 3 is 2.64 bits per heavy atom. The fraction of sp³-hybridized carbons (Fsp3) is 0.286. The number of piperidine rings is 1. The van der Waals surface area contributed by atoms with E-state index in [1.807, 2.05) is 0 Å². The first-order valence-corrected chi connectivity index (χ1v) is 9.05. The van der Waals surface area contributed by atoms with Gasteiger partial charge in [-0.15, -0.1) is 0 Å². The lowest BCUT2D eigenvalue weighted by Crippen LogP contribution is -2.42. The monoisotopic (exact) mass is 384 g/mol. The van der Waals surface area contributed by atoms with Crippen LogP contribution < -0.4 is 5.32 Å². The second-order valence-electron chi connectivity index (χ2n) is 6.89. The van der Waals surface area contributed by atoms with Gasteiger partial charge in [-0.3, -0.25) is 14.4 Å². The Morgan fingerprint density at radius 1 is 1.18 bits per heavy atom. The first kappa shape index (κ1) is 19.5. The number of rotatable bonds is 4. The standard InChI is InChI=1S/C21H21FN2O4/c1-13-8-9-14(20(26)24-10-4-5-15(12-24)21(27)28)11-18(13)23-19(25)16-6-2-3-7-17(16)22/h2-3,6-9,11,15H,4-5,10,12H2,1H3,(H,23,25)(H,27,28)/t15-/m0/s1.